The average molecular weight is 350 g/mol. The molecule has 0 fully saturated rings. The average Bonchev–Trinajstić information content (AvgIpc) is 3.31. The lowest BCUT2D eigenvalue weighted by Gasteiger charge is -2.21. The highest BCUT2D eigenvalue weighted by Crippen LogP contribution is 2.22. The molecule has 1 amide bonds. The summed E-state index contributed by atoms with van der Waals surface area (Å²) in [5.74, 6) is 0.809. The van der Waals surface area contributed by atoms with E-state index in [2.05, 4.69) is 31.1 Å². The number of amides is 1. The molecule has 0 saturated carbocycles. The molecule has 0 N–H and O–H groups in total. The molecule has 1 aromatic carbocycles. The monoisotopic (exact) mass is 350 g/mol. The minimum absolute atomic E-state index is 0.0311. The zero-order valence-corrected chi connectivity index (χ0v) is 15.7. The molecule has 0 aliphatic heterocycles. The van der Waals surface area contributed by atoms with Crippen LogP contribution in [-0.4, -0.2) is 38.2 Å². The Bertz CT molecular complexity index is 864. The van der Waals surface area contributed by atoms with Crippen LogP contribution in [-0.2, 0) is 0 Å². The smallest absolute Gasteiger partial charge is 0.259 e. The molecule has 0 atom stereocenters. The molecule has 3 aromatic rings. The second-order valence-electron chi connectivity index (χ2n) is 6.46. The molecule has 0 aliphatic rings. The summed E-state index contributed by atoms with van der Waals surface area (Å²) in [7, 11) is 0. The van der Waals surface area contributed by atoms with E-state index in [0.717, 1.165) is 36.5 Å². The molecule has 2 aromatic heterocycles. The fraction of sp³-hybridized carbons (Fsp3) is 0.333. The number of hydrogen-bond acceptors (Lipinski definition) is 2. The zero-order chi connectivity index (χ0) is 18.5. The predicted molar refractivity (Wildman–Crippen MR) is 104 cm³/mol. The summed E-state index contributed by atoms with van der Waals surface area (Å²) in [6.07, 6.45) is 7.65. The summed E-state index contributed by atoms with van der Waals surface area (Å²) in [5, 5.41) is 4.55. The molecule has 0 radical (unpaired) electrons. The van der Waals surface area contributed by atoms with Crippen LogP contribution in [0.25, 0.3) is 11.5 Å². The summed E-state index contributed by atoms with van der Waals surface area (Å²) in [6.45, 7) is 7.68. The van der Waals surface area contributed by atoms with E-state index in [1.54, 1.807) is 6.20 Å². The molecule has 0 unspecified atom stereocenters. The molecule has 5 heteroatoms. The summed E-state index contributed by atoms with van der Waals surface area (Å²) >= 11 is 0. The Hall–Kier alpha value is -2.82. The van der Waals surface area contributed by atoms with Crippen molar-refractivity contribution in [1.29, 1.82) is 0 Å². The van der Waals surface area contributed by atoms with Crippen LogP contribution < -0.4 is 0 Å². The third kappa shape index (κ3) is 3.57. The standard InChI is InChI=1S/C21H26N4O/c1-4-6-12-23(5-2)21(26)19-16-22-25(18-11-9-10-17(3)15-18)20(19)24-13-7-8-14-24/h7-11,13-16H,4-6,12H2,1-3H3. The van der Waals surface area contributed by atoms with E-state index in [0.29, 0.717) is 12.1 Å². The Morgan fingerprint density at radius 2 is 1.92 bits per heavy atom. The van der Waals surface area contributed by atoms with Gasteiger partial charge in [-0.2, -0.15) is 5.10 Å². The van der Waals surface area contributed by atoms with Crippen LogP contribution in [0.3, 0.4) is 0 Å². The number of carbonyl (C=O) groups is 1. The fourth-order valence-electron chi connectivity index (χ4n) is 3.09. The van der Waals surface area contributed by atoms with Gasteiger partial charge in [-0.3, -0.25) is 4.79 Å². The van der Waals surface area contributed by atoms with Gasteiger partial charge >= 0.3 is 0 Å². The number of unbranched alkanes of at least 4 members (excludes halogenated alkanes) is 1. The number of nitrogens with zero attached hydrogens (tertiary/aromatic N) is 4. The summed E-state index contributed by atoms with van der Waals surface area (Å²) < 4.78 is 3.80. The van der Waals surface area contributed by atoms with Gasteiger partial charge in [-0.1, -0.05) is 25.5 Å². The van der Waals surface area contributed by atoms with E-state index in [9.17, 15) is 4.79 Å². The van der Waals surface area contributed by atoms with Gasteiger partial charge in [0.05, 0.1) is 11.9 Å². The molecule has 136 valence electrons. The second-order valence-corrected chi connectivity index (χ2v) is 6.46. The van der Waals surface area contributed by atoms with Crippen LogP contribution in [0, 0.1) is 6.92 Å². The van der Waals surface area contributed by atoms with Gasteiger partial charge in [0.15, 0.2) is 5.82 Å². The number of aryl methyl sites for hydroxylation is 1. The van der Waals surface area contributed by atoms with E-state index in [1.165, 1.54) is 0 Å². The van der Waals surface area contributed by atoms with Crippen LogP contribution in [0.15, 0.2) is 55.0 Å². The summed E-state index contributed by atoms with van der Waals surface area (Å²) in [6, 6.07) is 12.1. The maximum absolute atomic E-state index is 13.2. The molecule has 26 heavy (non-hydrogen) atoms. The maximum Gasteiger partial charge on any atom is 0.259 e. The molecule has 5 nitrogen and oxygen atoms in total. The highest BCUT2D eigenvalue weighted by Gasteiger charge is 2.23. The van der Waals surface area contributed by atoms with Gasteiger partial charge in [-0.15, -0.1) is 0 Å². The highest BCUT2D eigenvalue weighted by molar-refractivity contribution is 5.97. The van der Waals surface area contributed by atoms with E-state index < -0.39 is 0 Å². The Labute approximate surface area is 154 Å². The van der Waals surface area contributed by atoms with Crippen LogP contribution in [0.4, 0.5) is 0 Å². The van der Waals surface area contributed by atoms with Crippen molar-refractivity contribution >= 4 is 5.91 Å². The first-order valence-electron chi connectivity index (χ1n) is 9.23. The molecular formula is C21H26N4O. The molecule has 0 spiro atoms. The number of carbonyl (C=O) groups excluding carboxylic acids is 1. The normalized spacial score (nSPS) is 10.9. The van der Waals surface area contributed by atoms with Gasteiger partial charge in [0, 0.05) is 25.5 Å². The van der Waals surface area contributed by atoms with Crippen molar-refractivity contribution in [3.05, 3.63) is 66.1 Å². The predicted octanol–water partition coefficient (Wildman–Crippen LogP) is 4.23. The fourth-order valence-corrected chi connectivity index (χ4v) is 3.09. The Morgan fingerprint density at radius 1 is 1.15 bits per heavy atom. The van der Waals surface area contributed by atoms with E-state index in [1.807, 2.05) is 57.7 Å². The zero-order valence-electron chi connectivity index (χ0n) is 15.7. The number of aromatic nitrogens is 3. The Morgan fingerprint density at radius 3 is 2.58 bits per heavy atom. The van der Waals surface area contributed by atoms with Crippen LogP contribution in [0.2, 0.25) is 0 Å². The van der Waals surface area contributed by atoms with Gasteiger partial charge in [-0.05, 0) is 50.1 Å². The largest absolute Gasteiger partial charge is 0.339 e. The van der Waals surface area contributed by atoms with Gasteiger partial charge in [0.1, 0.15) is 5.56 Å². The first-order chi connectivity index (χ1) is 12.7. The van der Waals surface area contributed by atoms with Gasteiger partial charge < -0.3 is 9.47 Å². The summed E-state index contributed by atoms with van der Waals surface area (Å²) in [4.78, 5) is 15.1. The minimum Gasteiger partial charge on any atom is -0.339 e. The van der Waals surface area contributed by atoms with Crippen LogP contribution in [0.1, 0.15) is 42.6 Å². The number of rotatable bonds is 7. The SMILES string of the molecule is CCCCN(CC)C(=O)c1cnn(-c2cccc(C)c2)c1-n1cccc1. The third-order valence-electron chi connectivity index (χ3n) is 4.52. The third-order valence-corrected chi connectivity index (χ3v) is 4.52. The quantitative estimate of drug-likeness (QED) is 0.640. The molecular weight excluding hydrogens is 324 g/mol. The van der Waals surface area contributed by atoms with Crippen molar-refractivity contribution in [3.63, 3.8) is 0 Å². The molecule has 0 saturated heterocycles. The second kappa shape index (κ2) is 8.04. The first kappa shape index (κ1) is 18.0. The molecule has 0 aliphatic carbocycles. The lowest BCUT2D eigenvalue weighted by atomic mass is 10.2. The molecule has 0 bridgehead atoms. The number of hydrogen-bond donors (Lipinski definition) is 0. The van der Waals surface area contributed by atoms with Crippen molar-refractivity contribution in [1.82, 2.24) is 19.2 Å². The van der Waals surface area contributed by atoms with Crippen molar-refractivity contribution < 1.29 is 4.79 Å². The van der Waals surface area contributed by atoms with Gasteiger partial charge in [0.2, 0.25) is 0 Å². The van der Waals surface area contributed by atoms with Crippen molar-refractivity contribution in [2.45, 2.75) is 33.6 Å². The molecule has 2 heterocycles. The lowest BCUT2D eigenvalue weighted by molar-refractivity contribution is 0.0762. The topological polar surface area (TPSA) is 43.1 Å². The van der Waals surface area contributed by atoms with E-state index >= 15 is 0 Å². The van der Waals surface area contributed by atoms with Gasteiger partial charge in [-0.25, -0.2) is 4.68 Å². The maximum atomic E-state index is 13.2. The minimum atomic E-state index is 0.0311. The Balaban J connectivity index is 2.08. The van der Waals surface area contributed by atoms with Crippen molar-refractivity contribution in [3.8, 4) is 11.5 Å². The van der Waals surface area contributed by atoms with Crippen molar-refractivity contribution in [2.75, 3.05) is 13.1 Å². The Kier molecular flexibility index (Phi) is 5.56. The van der Waals surface area contributed by atoms with E-state index in [4.69, 9.17) is 0 Å². The van der Waals surface area contributed by atoms with E-state index in [-0.39, 0.29) is 5.91 Å². The van der Waals surface area contributed by atoms with Crippen LogP contribution >= 0.6 is 0 Å². The number of benzene rings is 1. The first-order valence-corrected chi connectivity index (χ1v) is 9.23. The lowest BCUT2D eigenvalue weighted by Crippen LogP contribution is -2.32. The van der Waals surface area contributed by atoms with Crippen molar-refractivity contribution in [2.24, 2.45) is 0 Å². The van der Waals surface area contributed by atoms with Crippen LogP contribution in [0.5, 0.6) is 0 Å². The summed E-state index contributed by atoms with van der Waals surface area (Å²) in [5.41, 5.74) is 2.73. The van der Waals surface area contributed by atoms with Gasteiger partial charge in [0.25, 0.3) is 5.91 Å². The molecule has 3 rings (SSSR count). The highest BCUT2D eigenvalue weighted by atomic mass is 16.2.